The fourth-order valence-corrected chi connectivity index (χ4v) is 3.31. The standard InChI is InChI=1S/C15H23ClN4O/c1-10(17)12-3-2-6-19(9-12)14-13(16)7-18-20(15(14)21)8-11-4-5-11/h7,10-12H,2-6,8-9,17H2,1H3. The Morgan fingerprint density at radius 1 is 1.48 bits per heavy atom. The summed E-state index contributed by atoms with van der Waals surface area (Å²) in [7, 11) is 0. The summed E-state index contributed by atoms with van der Waals surface area (Å²) in [6, 6.07) is 0.141. The Kier molecular flexibility index (Phi) is 4.22. The van der Waals surface area contributed by atoms with Crippen molar-refractivity contribution in [2.45, 2.75) is 45.2 Å². The summed E-state index contributed by atoms with van der Waals surface area (Å²) in [5.74, 6) is 1.03. The highest BCUT2D eigenvalue weighted by Crippen LogP contribution is 2.31. The highest BCUT2D eigenvalue weighted by Gasteiger charge is 2.28. The molecule has 1 aromatic rings. The second kappa shape index (κ2) is 5.97. The molecule has 2 N–H and O–H groups in total. The number of halogens is 1. The van der Waals surface area contributed by atoms with E-state index in [0.717, 1.165) is 25.9 Å². The van der Waals surface area contributed by atoms with Gasteiger partial charge in [0.25, 0.3) is 5.56 Å². The second-order valence-electron chi connectivity index (χ2n) is 6.48. The molecule has 0 bridgehead atoms. The van der Waals surface area contributed by atoms with Crippen LogP contribution in [0.15, 0.2) is 11.0 Å². The Bertz CT molecular complexity index is 567. The molecule has 2 atom stereocenters. The van der Waals surface area contributed by atoms with Gasteiger partial charge in [0, 0.05) is 25.7 Å². The number of hydrogen-bond donors (Lipinski definition) is 1. The van der Waals surface area contributed by atoms with E-state index in [1.54, 1.807) is 10.9 Å². The smallest absolute Gasteiger partial charge is 0.291 e. The van der Waals surface area contributed by atoms with Crippen molar-refractivity contribution >= 4 is 17.3 Å². The van der Waals surface area contributed by atoms with Crippen LogP contribution in [0.2, 0.25) is 5.02 Å². The topological polar surface area (TPSA) is 64.2 Å². The third kappa shape index (κ3) is 3.24. The average molecular weight is 311 g/mol. The lowest BCUT2D eigenvalue weighted by Gasteiger charge is -2.36. The molecule has 21 heavy (non-hydrogen) atoms. The number of piperidine rings is 1. The Balaban J connectivity index is 1.87. The van der Waals surface area contributed by atoms with Gasteiger partial charge in [0.2, 0.25) is 0 Å². The lowest BCUT2D eigenvalue weighted by molar-refractivity contribution is 0.363. The summed E-state index contributed by atoms with van der Waals surface area (Å²) < 4.78 is 1.58. The Hall–Kier alpha value is -1.07. The van der Waals surface area contributed by atoms with Crippen LogP contribution in [0.25, 0.3) is 0 Å². The minimum absolute atomic E-state index is 0.0558. The lowest BCUT2D eigenvalue weighted by atomic mass is 9.92. The van der Waals surface area contributed by atoms with E-state index in [-0.39, 0.29) is 11.6 Å². The van der Waals surface area contributed by atoms with Crippen LogP contribution in [0.1, 0.15) is 32.6 Å². The minimum Gasteiger partial charge on any atom is -0.365 e. The average Bonchev–Trinajstić information content (AvgIpc) is 3.26. The van der Waals surface area contributed by atoms with Gasteiger partial charge in [-0.25, -0.2) is 4.68 Å². The quantitative estimate of drug-likeness (QED) is 0.922. The molecule has 116 valence electrons. The molecule has 1 saturated carbocycles. The highest BCUT2D eigenvalue weighted by molar-refractivity contribution is 6.33. The molecule has 0 aromatic carbocycles. The van der Waals surface area contributed by atoms with Crippen molar-refractivity contribution in [3.63, 3.8) is 0 Å². The predicted molar refractivity (Wildman–Crippen MR) is 84.8 cm³/mol. The van der Waals surface area contributed by atoms with Crippen LogP contribution in [-0.2, 0) is 6.54 Å². The fourth-order valence-electron chi connectivity index (χ4n) is 3.06. The van der Waals surface area contributed by atoms with Gasteiger partial charge in [-0.2, -0.15) is 5.10 Å². The molecule has 1 aliphatic heterocycles. The molecule has 0 spiro atoms. The first kappa shape index (κ1) is 14.9. The SMILES string of the molecule is CC(N)C1CCCN(c2c(Cl)cnn(CC3CC3)c2=O)C1. The van der Waals surface area contributed by atoms with Crippen LogP contribution in [0.5, 0.6) is 0 Å². The molecule has 1 aromatic heterocycles. The first-order chi connectivity index (χ1) is 10.1. The molecule has 0 radical (unpaired) electrons. The summed E-state index contributed by atoms with van der Waals surface area (Å²) in [6.45, 7) is 4.42. The van der Waals surface area contributed by atoms with Crippen molar-refractivity contribution in [1.29, 1.82) is 0 Å². The molecular formula is C15H23ClN4O. The zero-order valence-electron chi connectivity index (χ0n) is 12.5. The summed E-state index contributed by atoms with van der Waals surface area (Å²) in [6.07, 6.45) is 6.17. The number of hydrogen-bond acceptors (Lipinski definition) is 4. The normalized spacial score (nSPS) is 24.1. The van der Waals surface area contributed by atoms with Crippen LogP contribution >= 0.6 is 11.6 Å². The zero-order valence-corrected chi connectivity index (χ0v) is 13.2. The molecule has 2 fully saturated rings. The fraction of sp³-hybridized carbons (Fsp3) is 0.733. The van der Waals surface area contributed by atoms with E-state index in [0.29, 0.717) is 29.1 Å². The van der Waals surface area contributed by atoms with Gasteiger partial charge >= 0.3 is 0 Å². The van der Waals surface area contributed by atoms with Crippen molar-refractivity contribution in [3.8, 4) is 0 Å². The van der Waals surface area contributed by atoms with Gasteiger partial charge in [0.1, 0.15) is 5.69 Å². The molecule has 5 nitrogen and oxygen atoms in total. The molecule has 2 heterocycles. The molecule has 1 aliphatic carbocycles. The van der Waals surface area contributed by atoms with Crippen LogP contribution in [0.3, 0.4) is 0 Å². The van der Waals surface area contributed by atoms with E-state index in [1.165, 1.54) is 12.8 Å². The summed E-state index contributed by atoms with van der Waals surface area (Å²) in [4.78, 5) is 14.8. The number of nitrogens with two attached hydrogens (primary N) is 1. The molecule has 2 unspecified atom stereocenters. The van der Waals surface area contributed by atoms with E-state index >= 15 is 0 Å². The molecular weight excluding hydrogens is 288 g/mol. The lowest BCUT2D eigenvalue weighted by Crippen LogP contribution is -2.45. The predicted octanol–water partition coefficient (Wildman–Crippen LogP) is 1.87. The summed E-state index contributed by atoms with van der Waals surface area (Å²) in [5, 5.41) is 4.64. The Morgan fingerprint density at radius 3 is 2.90 bits per heavy atom. The monoisotopic (exact) mass is 310 g/mol. The van der Waals surface area contributed by atoms with Gasteiger partial charge in [-0.15, -0.1) is 0 Å². The van der Waals surface area contributed by atoms with Crippen molar-refractivity contribution in [3.05, 3.63) is 21.6 Å². The maximum Gasteiger partial charge on any atom is 0.291 e. The van der Waals surface area contributed by atoms with Gasteiger partial charge in [-0.1, -0.05) is 11.6 Å². The van der Waals surface area contributed by atoms with Gasteiger partial charge in [-0.05, 0) is 44.4 Å². The van der Waals surface area contributed by atoms with Crippen LogP contribution in [0.4, 0.5) is 5.69 Å². The summed E-state index contributed by atoms with van der Waals surface area (Å²) in [5.41, 5.74) is 6.59. The van der Waals surface area contributed by atoms with Crippen molar-refractivity contribution in [2.75, 3.05) is 18.0 Å². The minimum atomic E-state index is -0.0558. The number of rotatable bonds is 4. The van der Waals surface area contributed by atoms with E-state index in [1.807, 2.05) is 6.92 Å². The third-order valence-electron chi connectivity index (χ3n) is 4.62. The van der Waals surface area contributed by atoms with Crippen molar-refractivity contribution in [2.24, 2.45) is 17.6 Å². The van der Waals surface area contributed by atoms with E-state index < -0.39 is 0 Å². The zero-order chi connectivity index (χ0) is 15.0. The number of aromatic nitrogens is 2. The number of nitrogens with zero attached hydrogens (tertiary/aromatic N) is 3. The second-order valence-corrected chi connectivity index (χ2v) is 6.89. The van der Waals surface area contributed by atoms with Gasteiger partial charge in [-0.3, -0.25) is 4.79 Å². The Labute approximate surface area is 130 Å². The van der Waals surface area contributed by atoms with E-state index in [2.05, 4.69) is 10.00 Å². The van der Waals surface area contributed by atoms with Crippen LogP contribution < -0.4 is 16.2 Å². The van der Waals surface area contributed by atoms with Crippen LogP contribution in [0, 0.1) is 11.8 Å². The molecule has 2 aliphatic rings. The van der Waals surface area contributed by atoms with Crippen molar-refractivity contribution in [1.82, 2.24) is 9.78 Å². The molecule has 0 amide bonds. The Morgan fingerprint density at radius 2 is 2.24 bits per heavy atom. The van der Waals surface area contributed by atoms with Gasteiger partial charge in [0.05, 0.1) is 11.2 Å². The first-order valence-electron chi connectivity index (χ1n) is 7.82. The molecule has 3 rings (SSSR count). The molecule has 1 saturated heterocycles. The van der Waals surface area contributed by atoms with E-state index in [4.69, 9.17) is 17.3 Å². The first-order valence-corrected chi connectivity index (χ1v) is 8.20. The summed E-state index contributed by atoms with van der Waals surface area (Å²) >= 11 is 6.27. The van der Waals surface area contributed by atoms with Crippen molar-refractivity contribution < 1.29 is 0 Å². The largest absolute Gasteiger partial charge is 0.365 e. The maximum absolute atomic E-state index is 12.7. The maximum atomic E-state index is 12.7. The van der Waals surface area contributed by atoms with Gasteiger partial charge < -0.3 is 10.6 Å². The molecule has 6 heteroatoms. The van der Waals surface area contributed by atoms with Gasteiger partial charge in [0.15, 0.2) is 0 Å². The van der Waals surface area contributed by atoms with E-state index in [9.17, 15) is 4.79 Å². The third-order valence-corrected chi connectivity index (χ3v) is 4.90. The highest BCUT2D eigenvalue weighted by atomic mass is 35.5. The number of anilines is 1. The van der Waals surface area contributed by atoms with Crippen LogP contribution in [-0.4, -0.2) is 28.9 Å².